The number of rotatable bonds is 14. The molecule has 3 aromatic rings. The second kappa shape index (κ2) is 15.8. The zero-order valence-corrected chi connectivity index (χ0v) is 29.6. The monoisotopic (exact) mass is 669 g/mol. The molecule has 3 saturated heterocycles. The first-order valence-electron chi connectivity index (χ1n) is 17.6. The molecule has 0 aliphatic carbocycles. The Morgan fingerprint density at radius 2 is 1.47 bits per heavy atom. The average molecular weight is 670 g/mol. The lowest BCUT2D eigenvalue weighted by atomic mass is 10.0. The Kier molecular flexibility index (Phi) is 11.3. The van der Waals surface area contributed by atoms with E-state index in [1.54, 1.807) is 12.1 Å². The van der Waals surface area contributed by atoms with E-state index in [-0.39, 0.29) is 0 Å². The van der Waals surface area contributed by atoms with Gasteiger partial charge in [-0.25, -0.2) is 0 Å². The highest BCUT2D eigenvalue weighted by molar-refractivity contribution is 7.80. The summed E-state index contributed by atoms with van der Waals surface area (Å²) in [6.07, 6.45) is 6.47. The van der Waals surface area contributed by atoms with Crippen LogP contribution >= 0.6 is 24.4 Å². The molecule has 0 spiro atoms. The number of hydrogen-bond acceptors (Lipinski definition) is 4. The summed E-state index contributed by atoms with van der Waals surface area (Å²) in [5.74, 6) is 0.895. The Morgan fingerprint density at radius 3 is 2.17 bits per heavy atom. The summed E-state index contributed by atoms with van der Waals surface area (Å²) in [6, 6.07) is 30.9. The van der Waals surface area contributed by atoms with Gasteiger partial charge in [-0.15, -0.1) is 0 Å². The molecule has 47 heavy (non-hydrogen) atoms. The van der Waals surface area contributed by atoms with E-state index >= 15 is 0 Å². The first-order chi connectivity index (χ1) is 22.8. The Balaban J connectivity index is 1.16. The van der Waals surface area contributed by atoms with Gasteiger partial charge in [-0.3, -0.25) is 4.90 Å². The van der Waals surface area contributed by atoms with Crippen LogP contribution in [0, 0.1) is 5.92 Å². The van der Waals surface area contributed by atoms with Crippen molar-refractivity contribution in [1.29, 1.82) is 0 Å². The summed E-state index contributed by atoms with van der Waals surface area (Å²) in [7, 11) is 0. The summed E-state index contributed by atoms with van der Waals surface area (Å²) >= 11 is 12.2. The van der Waals surface area contributed by atoms with Gasteiger partial charge in [0.25, 0.3) is 0 Å². The van der Waals surface area contributed by atoms with E-state index < -0.39 is 0 Å². The third-order valence-electron chi connectivity index (χ3n) is 10.3. The lowest BCUT2D eigenvalue weighted by molar-refractivity contribution is 0.149. The van der Waals surface area contributed by atoms with Gasteiger partial charge < -0.3 is 25.1 Å². The Morgan fingerprint density at radius 1 is 0.809 bits per heavy atom. The molecule has 6 rings (SSSR count). The van der Waals surface area contributed by atoms with Crippen LogP contribution in [0.25, 0.3) is 0 Å². The number of nitrogens with zero attached hydrogens (tertiary/aromatic N) is 4. The highest BCUT2D eigenvalue weighted by Gasteiger charge is 2.40. The van der Waals surface area contributed by atoms with Crippen molar-refractivity contribution in [1.82, 2.24) is 24.9 Å². The lowest BCUT2D eigenvalue weighted by Gasteiger charge is -2.38. The largest absolute Gasteiger partial charge is 0.508 e. The third kappa shape index (κ3) is 8.64. The standard InChI is InChI=1S/C39H51N5OS2/c1-29(2)22-35(26-41-20-9-14-33(41)27-43-34(25-40-38(43)46)23-32-15-17-37(45)18-16-32)44-28-36(24-31-12-7-4-8-13-31)42(39(44)47)21-19-30-10-5-3-6-11-30/h3-8,10-13,15-18,29,33-36,45H,9,14,19-28H2,1-2H3,(H,40,46)/t33?,34-,35-,36-/m0/s1. The van der Waals surface area contributed by atoms with Crippen LogP contribution in [-0.2, 0) is 19.3 Å². The molecule has 1 unspecified atom stereocenters. The van der Waals surface area contributed by atoms with Crippen LogP contribution in [0.15, 0.2) is 84.9 Å². The van der Waals surface area contributed by atoms with Crippen molar-refractivity contribution >= 4 is 34.7 Å². The Labute approximate surface area is 292 Å². The van der Waals surface area contributed by atoms with Crippen LogP contribution in [0.2, 0.25) is 0 Å². The summed E-state index contributed by atoms with van der Waals surface area (Å²) in [5, 5.41) is 15.1. The molecule has 0 aromatic heterocycles. The molecular weight excluding hydrogens is 619 g/mol. The first kappa shape index (κ1) is 33.7. The van der Waals surface area contributed by atoms with Crippen molar-refractivity contribution in [2.24, 2.45) is 5.92 Å². The number of phenolic OH excluding ortho intramolecular Hbond substituents is 1. The van der Waals surface area contributed by atoms with Gasteiger partial charge in [0.05, 0.1) is 12.1 Å². The summed E-state index contributed by atoms with van der Waals surface area (Å²) in [5.41, 5.74) is 3.97. The number of aromatic hydroxyl groups is 1. The molecule has 3 aromatic carbocycles. The van der Waals surface area contributed by atoms with Gasteiger partial charge in [0.15, 0.2) is 10.2 Å². The van der Waals surface area contributed by atoms with Crippen molar-refractivity contribution in [2.45, 2.75) is 76.5 Å². The van der Waals surface area contributed by atoms with Gasteiger partial charge >= 0.3 is 0 Å². The van der Waals surface area contributed by atoms with Crippen LogP contribution < -0.4 is 5.32 Å². The summed E-state index contributed by atoms with van der Waals surface area (Å²) in [4.78, 5) is 10.3. The predicted octanol–water partition coefficient (Wildman–Crippen LogP) is 6.13. The molecule has 3 heterocycles. The van der Waals surface area contributed by atoms with Gasteiger partial charge in [-0.2, -0.15) is 0 Å². The van der Waals surface area contributed by atoms with Crippen molar-refractivity contribution < 1.29 is 5.11 Å². The molecule has 6 nitrogen and oxygen atoms in total. The summed E-state index contributed by atoms with van der Waals surface area (Å²) in [6.45, 7) is 10.6. The zero-order chi connectivity index (χ0) is 32.8. The van der Waals surface area contributed by atoms with Crippen LogP contribution in [-0.4, -0.2) is 98.4 Å². The van der Waals surface area contributed by atoms with Crippen molar-refractivity contribution in [3.05, 3.63) is 102 Å². The third-order valence-corrected chi connectivity index (χ3v) is 11.1. The SMILES string of the molecule is CC(C)C[C@@H](CN1CCCC1CN1C(=S)NC[C@@H]1Cc1ccc(O)cc1)N1C[C@H](Cc2ccccc2)N(CCc2ccccc2)C1=S. The molecule has 250 valence electrons. The minimum absolute atomic E-state index is 0.311. The minimum atomic E-state index is 0.311. The number of hydrogen-bond donors (Lipinski definition) is 2. The maximum atomic E-state index is 9.76. The second-order valence-electron chi connectivity index (χ2n) is 14.1. The van der Waals surface area contributed by atoms with Crippen LogP contribution in [0.1, 0.15) is 49.8 Å². The van der Waals surface area contributed by atoms with E-state index in [0.717, 1.165) is 75.2 Å². The highest BCUT2D eigenvalue weighted by Crippen LogP contribution is 2.29. The number of thiocarbonyl (C=S) groups is 2. The second-order valence-corrected chi connectivity index (χ2v) is 14.9. The number of benzene rings is 3. The molecule has 8 heteroatoms. The summed E-state index contributed by atoms with van der Waals surface area (Å²) < 4.78 is 0. The van der Waals surface area contributed by atoms with Crippen molar-refractivity contribution in [3.63, 3.8) is 0 Å². The van der Waals surface area contributed by atoms with Gasteiger partial charge in [-0.1, -0.05) is 86.6 Å². The average Bonchev–Trinajstić information content (AvgIpc) is 3.75. The van der Waals surface area contributed by atoms with Crippen LogP contribution in [0.3, 0.4) is 0 Å². The molecule has 3 fully saturated rings. The molecular formula is C39H51N5OS2. The number of likely N-dealkylation sites (tertiary alicyclic amines) is 1. The zero-order valence-electron chi connectivity index (χ0n) is 28.0. The maximum Gasteiger partial charge on any atom is 0.172 e. The van der Waals surface area contributed by atoms with E-state index in [4.69, 9.17) is 24.4 Å². The number of phenols is 1. The molecule has 3 aliphatic rings. The van der Waals surface area contributed by atoms with E-state index in [1.807, 2.05) is 12.1 Å². The molecule has 0 bridgehead atoms. The topological polar surface area (TPSA) is 45.2 Å². The highest BCUT2D eigenvalue weighted by atomic mass is 32.1. The predicted molar refractivity (Wildman–Crippen MR) is 201 cm³/mol. The van der Waals surface area contributed by atoms with E-state index in [1.165, 1.54) is 29.5 Å². The molecule has 0 radical (unpaired) electrons. The molecule has 2 N–H and O–H groups in total. The van der Waals surface area contributed by atoms with Crippen molar-refractivity contribution in [2.75, 3.05) is 39.3 Å². The number of nitrogens with one attached hydrogen (secondary N) is 1. The van der Waals surface area contributed by atoms with Gasteiger partial charge in [-0.05, 0) is 104 Å². The van der Waals surface area contributed by atoms with Crippen molar-refractivity contribution in [3.8, 4) is 5.75 Å². The van der Waals surface area contributed by atoms with E-state index in [0.29, 0.717) is 35.8 Å². The fourth-order valence-corrected chi connectivity index (χ4v) is 8.62. The normalized spacial score (nSPS) is 22.4. The molecule has 3 aliphatic heterocycles. The van der Waals surface area contributed by atoms with Gasteiger partial charge in [0.2, 0.25) is 0 Å². The maximum absolute atomic E-state index is 9.76. The Bertz CT molecular complexity index is 1450. The molecule has 0 amide bonds. The lowest BCUT2D eigenvalue weighted by Crippen LogP contribution is -2.51. The smallest absolute Gasteiger partial charge is 0.172 e. The van der Waals surface area contributed by atoms with E-state index in [9.17, 15) is 5.11 Å². The van der Waals surface area contributed by atoms with Gasteiger partial charge in [0, 0.05) is 44.8 Å². The van der Waals surface area contributed by atoms with Crippen LogP contribution in [0.5, 0.6) is 5.75 Å². The van der Waals surface area contributed by atoms with Crippen LogP contribution in [0.4, 0.5) is 0 Å². The fourth-order valence-electron chi connectivity index (χ4n) is 7.85. The first-order valence-corrected chi connectivity index (χ1v) is 18.4. The quantitative estimate of drug-likeness (QED) is 0.199. The minimum Gasteiger partial charge on any atom is -0.508 e. The fraction of sp³-hybridized carbons (Fsp3) is 0.487. The van der Waals surface area contributed by atoms with E-state index in [2.05, 4.69) is 99.4 Å². The molecule has 0 saturated carbocycles. The Hall–Kier alpha value is -3.20. The van der Waals surface area contributed by atoms with Gasteiger partial charge in [0.1, 0.15) is 5.75 Å². The molecule has 4 atom stereocenters.